The second-order valence-corrected chi connectivity index (χ2v) is 8.64. The fourth-order valence-corrected chi connectivity index (χ4v) is 4.94. The number of aryl methyl sites for hydroxylation is 1. The third kappa shape index (κ3) is 5.61. The number of nitrogens with zero attached hydrogens (tertiary/aromatic N) is 1. The molecule has 4 nitrogen and oxygen atoms in total. The molecule has 0 aromatic heterocycles. The molecule has 1 aliphatic heterocycles. The van der Waals surface area contributed by atoms with Gasteiger partial charge in [0.25, 0.3) is 0 Å². The minimum absolute atomic E-state index is 0.0987. The van der Waals surface area contributed by atoms with Gasteiger partial charge in [-0.2, -0.15) is 0 Å². The normalized spacial score (nSPS) is 15.9. The Bertz CT molecular complexity index is 823. The highest BCUT2D eigenvalue weighted by atomic mass is 79.9. The van der Waals surface area contributed by atoms with Gasteiger partial charge in [0.15, 0.2) is 0 Å². The summed E-state index contributed by atoms with van der Waals surface area (Å²) in [5.41, 5.74) is 4.76. The molecule has 0 spiro atoms. The van der Waals surface area contributed by atoms with E-state index >= 15 is 0 Å². The molecule has 1 fully saturated rings. The molecule has 1 aliphatic rings. The minimum Gasteiger partial charge on any atom is -0.495 e. The maximum atomic E-state index is 13.5. The van der Waals surface area contributed by atoms with Crippen molar-refractivity contribution in [2.45, 2.75) is 39.3 Å². The number of nitrogens with one attached hydrogen (secondary N) is 1. The summed E-state index contributed by atoms with van der Waals surface area (Å²) in [7, 11) is 1.71. The maximum absolute atomic E-state index is 13.5. The molecule has 3 rings (SSSR count). The number of hydrogen-bond acceptors (Lipinski definition) is 4. The maximum Gasteiger partial charge on any atom is 0.138 e. The summed E-state index contributed by atoms with van der Waals surface area (Å²) in [5.74, 6) is 0.641. The van der Waals surface area contributed by atoms with Gasteiger partial charge in [-0.15, -0.1) is 0 Å². The molecule has 2 aromatic carbocycles. The number of ether oxygens (including phenoxy) is 2. The molecule has 0 radical (unpaired) electrons. The number of methoxy groups -OCH3 is 1. The van der Waals surface area contributed by atoms with Crippen LogP contribution in [0.25, 0.3) is 0 Å². The van der Waals surface area contributed by atoms with Crippen LogP contribution in [-0.2, 0) is 17.8 Å². The Kier molecular flexibility index (Phi) is 8.69. The molecule has 1 saturated heterocycles. The van der Waals surface area contributed by atoms with Crippen LogP contribution >= 0.6 is 15.9 Å². The van der Waals surface area contributed by atoms with E-state index < -0.39 is 0 Å². The standard InChI is InChI=1S/C24H32BrFN2O2/c1-4-5-20-17(2)14-22(25)24(29-3)21(20)15-30-16-23(28-12-10-27-11-13-28)18-6-8-19(26)9-7-18/h6-9,14,23,27H,4-5,10-13,15-16H2,1-3H3. The molecule has 2 aromatic rings. The zero-order chi connectivity index (χ0) is 21.5. The molecule has 1 heterocycles. The monoisotopic (exact) mass is 478 g/mol. The van der Waals surface area contributed by atoms with Crippen molar-refractivity contribution in [2.75, 3.05) is 39.9 Å². The first-order chi connectivity index (χ1) is 14.5. The average molecular weight is 479 g/mol. The molecule has 30 heavy (non-hydrogen) atoms. The topological polar surface area (TPSA) is 33.7 Å². The van der Waals surface area contributed by atoms with E-state index in [0.717, 1.165) is 60.4 Å². The van der Waals surface area contributed by atoms with E-state index in [1.807, 2.05) is 12.1 Å². The lowest BCUT2D eigenvalue weighted by Gasteiger charge is -2.35. The van der Waals surface area contributed by atoms with Crippen molar-refractivity contribution in [3.63, 3.8) is 0 Å². The summed E-state index contributed by atoms with van der Waals surface area (Å²) in [4.78, 5) is 2.42. The van der Waals surface area contributed by atoms with Crippen molar-refractivity contribution in [3.05, 3.63) is 62.9 Å². The van der Waals surface area contributed by atoms with Crippen LogP contribution in [0.5, 0.6) is 5.75 Å². The fourth-order valence-electron chi connectivity index (χ4n) is 4.20. The Morgan fingerprint density at radius 1 is 1.17 bits per heavy atom. The lowest BCUT2D eigenvalue weighted by Crippen LogP contribution is -2.46. The van der Waals surface area contributed by atoms with Gasteiger partial charge in [0.2, 0.25) is 0 Å². The Labute approximate surface area is 187 Å². The first kappa shape index (κ1) is 23.2. The fraction of sp³-hybridized carbons (Fsp3) is 0.500. The number of benzene rings is 2. The van der Waals surface area contributed by atoms with E-state index in [1.165, 1.54) is 23.3 Å². The van der Waals surface area contributed by atoms with Gasteiger partial charge in [-0.05, 0) is 64.2 Å². The van der Waals surface area contributed by atoms with Gasteiger partial charge < -0.3 is 14.8 Å². The van der Waals surface area contributed by atoms with Crippen LogP contribution in [0, 0.1) is 12.7 Å². The SMILES string of the molecule is CCCc1c(C)cc(Br)c(OC)c1COCC(c1ccc(F)cc1)N1CCNCC1. The van der Waals surface area contributed by atoms with E-state index in [9.17, 15) is 4.39 Å². The lowest BCUT2D eigenvalue weighted by molar-refractivity contribution is 0.0431. The van der Waals surface area contributed by atoms with Gasteiger partial charge in [-0.1, -0.05) is 25.5 Å². The van der Waals surface area contributed by atoms with Crippen molar-refractivity contribution in [1.29, 1.82) is 0 Å². The van der Waals surface area contributed by atoms with Crippen molar-refractivity contribution in [2.24, 2.45) is 0 Å². The molecular weight excluding hydrogens is 447 g/mol. The quantitative estimate of drug-likeness (QED) is 0.548. The minimum atomic E-state index is -0.211. The smallest absolute Gasteiger partial charge is 0.138 e. The van der Waals surface area contributed by atoms with E-state index in [1.54, 1.807) is 7.11 Å². The van der Waals surface area contributed by atoms with Gasteiger partial charge in [0, 0.05) is 31.7 Å². The van der Waals surface area contributed by atoms with E-state index in [4.69, 9.17) is 9.47 Å². The highest BCUT2D eigenvalue weighted by Crippen LogP contribution is 2.35. The third-order valence-corrected chi connectivity index (χ3v) is 6.34. The molecule has 0 saturated carbocycles. The summed E-state index contributed by atoms with van der Waals surface area (Å²) in [6.45, 7) is 9.17. The van der Waals surface area contributed by atoms with Crippen LogP contribution < -0.4 is 10.1 Å². The zero-order valence-corrected chi connectivity index (χ0v) is 19.7. The predicted octanol–water partition coefficient (Wildman–Crippen LogP) is 5.02. The highest BCUT2D eigenvalue weighted by molar-refractivity contribution is 9.10. The third-order valence-electron chi connectivity index (χ3n) is 5.75. The Hall–Kier alpha value is -1.47. The average Bonchev–Trinajstić information content (AvgIpc) is 2.75. The van der Waals surface area contributed by atoms with Crippen molar-refractivity contribution in [1.82, 2.24) is 10.2 Å². The molecule has 164 valence electrons. The molecule has 0 amide bonds. The highest BCUT2D eigenvalue weighted by Gasteiger charge is 2.23. The summed E-state index contributed by atoms with van der Waals surface area (Å²) < 4.78 is 26.4. The van der Waals surface area contributed by atoms with Gasteiger partial charge in [0.05, 0.1) is 30.8 Å². The van der Waals surface area contributed by atoms with Crippen LogP contribution in [0.15, 0.2) is 34.8 Å². The number of halogens is 2. The van der Waals surface area contributed by atoms with Crippen LogP contribution in [0.3, 0.4) is 0 Å². The molecule has 6 heteroatoms. The van der Waals surface area contributed by atoms with Crippen LogP contribution in [0.1, 0.15) is 41.6 Å². The second-order valence-electron chi connectivity index (χ2n) is 7.78. The molecule has 0 bridgehead atoms. The summed E-state index contributed by atoms with van der Waals surface area (Å²) in [5, 5.41) is 3.40. The molecule has 1 atom stereocenters. The first-order valence-electron chi connectivity index (χ1n) is 10.7. The largest absolute Gasteiger partial charge is 0.495 e. The summed E-state index contributed by atoms with van der Waals surface area (Å²) in [6.07, 6.45) is 2.06. The zero-order valence-electron chi connectivity index (χ0n) is 18.1. The molecule has 0 aliphatic carbocycles. The van der Waals surface area contributed by atoms with Crippen LogP contribution in [0.4, 0.5) is 4.39 Å². The van der Waals surface area contributed by atoms with Gasteiger partial charge >= 0.3 is 0 Å². The Morgan fingerprint density at radius 3 is 2.50 bits per heavy atom. The molecule has 1 unspecified atom stereocenters. The van der Waals surface area contributed by atoms with E-state index in [2.05, 4.69) is 46.1 Å². The predicted molar refractivity (Wildman–Crippen MR) is 123 cm³/mol. The lowest BCUT2D eigenvalue weighted by atomic mass is 9.97. The molecule has 1 N–H and O–H groups in total. The first-order valence-corrected chi connectivity index (χ1v) is 11.5. The van der Waals surface area contributed by atoms with Crippen molar-refractivity contribution in [3.8, 4) is 5.75 Å². The Balaban J connectivity index is 1.80. The summed E-state index contributed by atoms with van der Waals surface area (Å²) in [6, 6.07) is 9.03. The Morgan fingerprint density at radius 2 is 1.87 bits per heavy atom. The van der Waals surface area contributed by atoms with E-state index in [0.29, 0.717) is 13.2 Å². The van der Waals surface area contributed by atoms with Crippen molar-refractivity contribution >= 4 is 15.9 Å². The van der Waals surface area contributed by atoms with E-state index in [-0.39, 0.29) is 11.9 Å². The van der Waals surface area contributed by atoms with Crippen LogP contribution in [-0.4, -0.2) is 44.8 Å². The van der Waals surface area contributed by atoms with Crippen molar-refractivity contribution < 1.29 is 13.9 Å². The van der Waals surface area contributed by atoms with Gasteiger partial charge in [-0.25, -0.2) is 4.39 Å². The summed E-state index contributed by atoms with van der Waals surface area (Å²) >= 11 is 3.64. The van der Waals surface area contributed by atoms with Gasteiger partial charge in [0.1, 0.15) is 11.6 Å². The van der Waals surface area contributed by atoms with Gasteiger partial charge in [-0.3, -0.25) is 4.90 Å². The molecular formula is C24H32BrFN2O2. The number of hydrogen-bond donors (Lipinski definition) is 1. The van der Waals surface area contributed by atoms with Crippen LogP contribution in [0.2, 0.25) is 0 Å². The second kappa shape index (κ2) is 11.2. The number of piperazine rings is 1. The number of rotatable bonds is 9.